The van der Waals surface area contributed by atoms with Crippen molar-refractivity contribution in [3.8, 4) is 27.9 Å². The number of aromatic nitrogens is 1. The van der Waals surface area contributed by atoms with Crippen molar-refractivity contribution < 1.29 is 4.42 Å². The fourth-order valence-electron chi connectivity index (χ4n) is 8.08. The third-order valence-corrected chi connectivity index (χ3v) is 10.9. The molecule has 1 aliphatic heterocycles. The first-order valence-corrected chi connectivity index (χ1v) is 18.9. The minimum absolute atomic E-state index is 0.239. The molecule has 0 amide bonds. The second-order valence-electron chi connectivity index (χ2n) is 14.3. The molecule has 11 rings (SSSR count). The lowest BCUT2D eigenvalue weighted by molar-refractivity contribution is 0.669. The molecule has 8 aromatic carbocycles. The molecule has 1 atom stereocenters. The van der Waals surface area contributed by atoms with Crippen molar-refractivity contribution >= 4 is 55.4 Å². The number of benzene rings is 8. The summed E-state index contributed by atoms with van der Waals surface area (Å²) in [4.78, 5) is 9.96. The monoisotopic (exact) mass is 718 g/mol. The highest BCUT2D eigenvalue weighted by molar-refractivity contribution is 6.14. The lowest BCUT2D eigenvalue weighted by atomic mass is 10.0. The van der Waals surface area contributed by atoms with Crippen molar-refractivity contribution in [2.24, 2.45) is 9.98 Å². The molecule has 1 aliphatic rings. The number of aliphatic imine (C=N–C) groups is 2. The van der Waals surface area contributed by atoms with Gasteiger partial charge >= 0.3 is 0 Å². The standard InChI is InChI=1S/C51H34N4O/c1-4-12-33(13-5-1)38-25-28-46-43(30-38)41-18-10-11-19-45(41)55(46)40-26-29-47-44(32-40)42-27-24-39(31-48(42)56-47)34-20-22-37(23-21-34)51-53-49(35-14-6-2-7-15-35)52-50(54-51)36-16-8-3-9-17-36/h1-32,49H,(H,52,53,54). The molecule has 2 aromatic heterocycles. The number of para-hydroxylation sites is 1. The molecule has 5 heteroatoms. The van der Waals surface area contributed by atoms with E-state index in [9.17, 15) is 0 Å². The summed E-state index contributed by atoms with van der Waals surface area (Å²) in [7, 11) is 0. The molecule has 3 heterocycles. The van der Waals surface area contributed by atoms with Gasteiger partial charge < -0.3 is 14.3 Å². The summed E-state index contributed by atoms with van der Waals surface area (Å²) in [5.74, 6) is 1.51. The molecular formula is C51H34N4O. The fraction of sp³-hybridized carbons (Fsp3) is 0.0196. The maximum absolute atomic E-state index is 6.50. The zero-order valence-electron chi connectivity index (χ0n) is 30.3. The van der Waals surface area contributed by atoms with Crippen molar-refractivity contribution in [2.45, 2.75) is 6.17 Å². The summed E-state index contributed by atoms with van der Waals surface area (Å²) >= 11 is 0. The van der Waals surface area contributed by atoms with Gasteiger partial charge in [0.25, 0.3) is 0 Å². The lowest BCUT2D eigenvalue weighted by Crippen LogP contribution is -2.33. The van der Waals surface area contributed by atoms with Crippen molar-refractivity contribution in [3.63, 3.8) is 0 Å². The van der Waals surface area contributed by atoms with Crippen molar-refractivity contribution in [2.75, 3.05) is 0 Å². The topological polar surface area (TPSA) is 54.8 Å². The molecule has 0 radical (unpaired) electrons. The number of furan rings is 1. The Hall–Kier alpha value is -7.50. The highest BCUT2D eigenvalue weighted by Gasteiger charge is 2.21. The second kappa shape index (κ2) is 13.1. The van der Waals surface area contributed by atoms with E-state index < -0.39 is 0 Å². The summed E-state index contributed by atoms with van der Waals surface area (Å²) in [5.41, 5.74) is 12.9. The van der Waals surface area contributed by atoms with Gasteiger partial charge in [-0.15, -0.1) is 0 Å². The van der Waals surface area contributed by atoms with Crippen molar-refractivity contribution in [1.29, 1.82) is 0 Å². The number of rotatable bonds is 6. The molecule has 1 N–H and O–H groups in total. The van der Waals surface area contributed by atoms with Crippen LogP contribution in [0.1, 0.15) is 22.9 Å². The average Bonchev–Trinajstić information content (AvgIpc) is 3.81. The Kier molecular flexibility index (Phi) is 7.49. The maximum Gasteiger partial charge on any atom is 0.159 e. The van der Waals surface area contributed by atoms with Gasteiger partial charge in [0.2, 0.25) is 0 Å². The molecule has 0 saturated heterocycles. The first-order valence-electron chi connectivity index (χ1n) is 18.9. The number of nitrogens with one attached hydrogen (secondary N) is 1. The number of hydrogen-bond donors (Lipinski definition) is 1. The Morgan fingerprint density at radius 2 is 1.05 bits per heavy atom. The Labute approximate surface area is 323 Å². The fourth-order valence-corrected chi connectivity index (χ4v) is 8.08. The Bertz CT molecular complexity index is 3140. The maximum atomic E-state index is 6.50. The zero-order valence-corrected chi connectivity index (χ0v) is 30.3. The first kappa shape index (κ1) is 32.0. The molecule has 0 fully saturated rings. The van der Waals surface area contributed by atoms with E-state index in [-0.39, 0.29) is 6.17 Å². The first-order chi connectivity index (χ1) is 27.7. The van der Waals surface area contributed by atoms with Gasteiger partial charge in [-0.1, -0.05) is 146 Å². The van der Waals surface area contributed by atoms with Gasteiger partial charge in [0.1, 0.15) is 23.2 Å². The van der Waals surface area contributed by atoms with Gasteiger partial charge in [-0.05, 0) is 76.3 Å². The second-order valence-corrected chi connectivity index (χ2v) is 14.3. The van der Waals surface area contributed by atoms with E-state index in [4.69, 9.17) is 14.4 Å². The van der Waals surface area contributed by atoms with Crippen LogP contribution >= 0.6 is 0 Å². The number of amidine groups is 2. The molecule has 264 valence electrons. The average molecular weight is 719 g/mol. The lowest BCUT2D eigenvalue weighted by Gasteiger charge is -2.23. The van der Waals surface area contributed by atoms with E-state index in [1.54, 1.807) is 0 Å². The van der Waals surface area contributed by atoms with Crippen LogP contribution in [-0.2, 0) is 0 Å². The molecular weight excluding hydrogens is 685 g/mol. The molecule has 0 aliphatic carbocycles. The Morgan fingerprint density at radius 1 is 0.429 bits per heavy atom. The largest absolute Gasteiger partial charge is 0.456 e. The SMILES string of the molecule is c1ccc(C2=NC(c3ccccc3)NC(c3ccc(-c4ccc5c(c4)oc4ccc(-n6c7ccccc7c7cc(-c8ccccc8)ccc76)cc45)cc3)=N2)cc1. The van der Waals surface area contributed by atoms with Gasteiger partial charge in [-0.3, -0.25) is 0 Å². The van der Waals surface area contributed by atoms with E-state index >= 15 is 0 Å². The van der Waals surface area contributed by atoms with Crippen molar-refractivity contribution in [1.82, 2.24) is 9.88 Å². The van der Waals surface area contributed by atoms with Crippen LogP contribution in [0.25, 0.3) is 71.7 Å². The smallest absolute Gasteiger partial charge is 0.159 e. The van der Waals surface area contributed by atoms with Crippen LogP contribution in [0, 0.1) is 0 Å². The van der Waals surface area contributed by atoms with E-state index in [0.717, 1.165) is 61.3 Å². The minimum atomic E-state index is -0.239. The Balaban J connectivity index is 0.933. The predicted molar refractivity (Wildman–Crippen MR) is 231 cm³/mol. The molecule has 1 unspecified atom stereocenters. The summed E-state index contributed by atoms with van der Waals surface area (Å²) in [6.07, 6.45) is -0.239. The van der Waals surface area contributed by atoms with Crippen LogP contribution in [0.15, 0.2) is 209 Å². The molecule has 10 aromatic rings. The third-order valence-electron chi connectivity index (χ3n) is 10.9. The molecule has 56 heavy (non-hydrogen) atoms. The summed E-state index contributed by atoms with van der Waals surface area (Å²) in [6.45, 7) is 0. The quantitative estimate of drug-likeness (QED) is 0.186. The number of nitrogens with zero attached hydrogens (tertiary/aromatic N) is 3. The molecule has 5 nitrogen and oxygen atoms in total. The van der Waals surface area contributed by atoms with Crippen LogP contribution in [-0.4, -0.2) is 16.2 Å². The number of fused-ring (bicyclic) bond motifs is 6. The molecule has 0 saturated carbocycles. The minimum Gasteiger partial charge on any atom is -0.456 e. The van der Waals surface area contributed by atoms with Crippen LogP contribution in [0.2, 0.25) is 0 Å². The van der Waals surface area contributed by atoms with E-state index in [0.29, 0.717) is 5.84 Å². The van der Waals surface area contributed by atoms with Crippen molar-refractivity contribution in [3.05, 3.63) is 211 Å². The highest BCUT2D eigenvalue weighted by atomic mass is 16.3. The molecule has 0 bridgehead atoms. The van der Waals surface area contributed by atoms with Crippen LogP contribution in [0.3, 0.4) is 0 Å². The van der Waals surface area contributed by atoms with Crippen LogP contribution in [0.4, 0.5) is 0 Å². The van der Waals surface area contributed by atoms with Crippen LogP contribution < -0.4 is 5.32 Å². The zero-order chi connectivity index (χ0) is 37.0. The van der Waals surface area contributed by atoms with E-state index in [1.807, 2.05) is 36.4 Å². The van der Waals surface area contributed by atoms with E-state index in [2.05, 4.69) is 168 Å². The predicted octanol–water partition coefficient (Wildman–Crippen LogP) is 12.5. The summed E-state index contributed by atoms with van der Waals surface area (Å²) in [6, 6.07) is 68.1. The van der Waals surface area contributed by atoms with Crippen LogP contribution in [0.5, 0.6) is 0 Å². The van der Waals surface area contributed by atoms with Gasteiger partial charge in [0.15, 0.2) is 5.84 Å². The van der Waals surface area contributed by atoms with Gasteiger partial charge in [-0.2, -0.15) is 0 Å². The normalized spacial score (nSPS) is 14.2. The van der Waals surface area contributed by atoms with Gasteiger partial charge in [0.05, 0.1) is 11.0 Å². The summed E-state index contributed by atoms with van der Waals surface area (Å²) < 4.78 is 8.87. The van der Waals surface area contributed by atoms with Gasteiger partial charge in [0, 0.05) is 38.4 Å². The number of hydrogen-bond acceptors (Lipinski definition) is 4. The summed E-state index contributed by atoms with van der Waals surface area (Å²) in [5, 5.41) is 8.23. The van der Waals surface area contributed by atoms with E-state index in [1.165, 1.54) is 32.9 Å². The molecule has 0 spiro atoms. The Morgan fingerprint density at radius 3 is 1.86 bits per heavy atom. The highest BCUT2D eigenvalue weighted by Crippen LogP contribution is 2.38. The third kappa shape index (κ3) is 5.48. The van der Waals surface area contributed by atoms with Gasteiger partial charge in [-0.25, -0.2) is 9.98 Å².